The molecule has 17 heavy (non-hydrogen) atoms. The first-order valence-electron chi connectivity index (χ1n) is 6.13. The number of rotatable bonds is 3. The van der Waals surface area contributed by atoms with Crippen molar-refractivity contribution in [3.05, 3.63) is 29.3 Å². The molecule has 0 spiro atoms. The highest BCUT2D eigenvalue weighted by Gasteiger charge is 2.37. The summed E-state index contributed by atoms with van der Waals surface area (Å²) in [5.74, 6) is 0.271. The van der Waals surface area contributed by atoms with Crippen molar-refractivity contribution >= 4 is 9.84 Å². The zero-order valence-corrected chi connectivity index (χ0v) is 10.6. The topological polar surface area (TPSA) is 60.2 Å². The fraction of sp³-hybridized carbons (Fsp3) is 0.538. The minimum absolute atomic E-state index is 0.0419. The van der Waals surface area contributed by atoms with Gasteiger partial charge in [0.25, 0.3) is 0 Å². The fourth-order valence-electron chi connectivity index (χ4n) is 2.56. The van der Waals surface area contributed by atoms with Crippen LogP contribution in [-0.2, 0) is 22.7 Å². The molecular formula is C13H17NO2S. The van der Waals surface area contributed by atoms with Gasteiger partial charge in [0, 0.05) is 5.54 Å². The molecule has 0 aromatic heterocycles. The van der Waals surface area contributed by atoms with Crippen LogP contribution in [0.2, 0.25) is 0 Å². The molecule has 3 nitrogen and oxygen atoms in total. The van der Waals surface area contributed by atoms with Gasteiger partial charge in [-0.1, -0.05) is 12.1 Å². The molecule has 1 aliphatic heterocycles. The summed E-state index contributed by atoms with van der Waals surface area (Å²) in [4.78, 5) is 0.553. The lowest BCUT2D eigenvalue weighted by Gasteiger charge is -2.11. The summed E-state index contributed by atoms with van der Waals surface area (Å²) in [7, 11) is -3.00. The largest absolute Gasteiger partial charge is 0.325 e. The lowest BCUT2D eigenvalue weighted by atomic mass is 9.98. The fourth-order valence-corrected chi connectivity index (χ4v) is 4.15. The number of hydrogen-bond donors (Lipinski definition) is 1. The number of fused-ring (bicyclic) bond motifs is 1. The van der Waals surface area contributed by atoms with Crippen LogP contribution in [0, 0.1) is 0 Å². The average Bonchev–Trinajstić information content (AvgIpc) is 2.94. The van der Waals surface area contributed by atoms with Gasteiger partial charge in [-0.3, -0.25) is 0 Å². The van der Waals surface area contributed by atoms with Crippen molar-refractivity contribution in [3.63, 3.8) is 0 Å². The molecule has 92 valence electrons. The standard InChI is InChI=1S/C13H17NO2S/c14-13(7-8-13)6-4-10-2-1-3-12-11(10)5-9-17(12,15)16/h1-3H,4-9,14H2. The van der Waals surface area contributed by atoms with E-state index in [4.69, 9.17) is 5.73 Å². The zero-order valence-electron chi connectivity index (χ0n) is 9.78. The van der Waals surface area contributed by atoms with Crippen LogP contribution in [0.3, 0.4) is 0 Å². The Morgan fingerprint density at radius 3 is 2.76 bits per heavy atom. The van der Waals surface area contributed by atoms with E-state index in [-0.39, 0.29) is 11.3 Å². The van der Waals surface area contributed by atoms with Crippen LogP contribution in [0.15, 0.2) is 23.1 Å². The van der Waals surface area contributed by atoms with E-state index >= 15 is 0 Å². The van der Waals surface area contributed by atoms with E-state index in [2.05, 4.69) is 0 Å². The van der Waals surface area contributed by atoms with Crippen LogP contribution in [0.1, 0.15) is 30.4 Å². The molecule has 4 heteroatoms. The maximum atomic E-state index is 11.8. The zero-order chi connectivity index (χ0) is 12.1. The smallest absolute Gasteiger partial charge is 0.178 e. The van der Waals surface area contributed by atoms with Gasteiger partial charge >= 0.3 is 0 Å². The lowest BCUT2D eigenvalue weighted by molar-refractivity contribution is 0.599. The van der Waals surface area contributed by atoms with Gasteiger partial charge in [0.05, 0.1) is 10.6 Å². The van der Waals surface area contributed by atoms with Crippen molar-refractivity contribution in [1.29, 1.82) is 0 Å². The Balaban J connectivity index is 1.89. The van der Waals surface area contributed by atoms with Gasteiger partial charge in [-0.15, -0.1) is 0 Å². The number of hydrogen-bond acceptors (Lipinski definition) is 3. The van der Waals surface area contributed by atoms with Crippen LogP contribution in [0.5, 0.6) is 0 Å². The Morgan fingerprint density at radius 1 is 1.29 bits per heavy atom. The molecule has 0 bridgehead atoms. The first-order valence-corrected chi connectivity index (χ1v) is 7.78. The second-order valence-corrected chi connectivity index (χ2v) is 7.40. The quantitative estimate of drug-likeness (QED) is 0.884. The van der Waals surface area contributed by atoms with E-state index in [0.717, 1.165) is 31.2 Å². The van der Waals surface area contributed by atoms with Gasteiger partial charge in [0.1, 0.15) is 0 Å². The Hall–Kier alpha value is -0.870. The van der Waals surface area contributed by atoms with Crippen LogP contribution in [0.4, 0.5) is 0 Å². The molecule has 1 heterocycles. The van der Waals surface area contributed by atoms with Crippen molar-refractivity contribution < 1.29 is 8.42 Å². The Bertz CT molecular complexity index is 559. The maximum absolute atomic E-state index is 11.8. The second kappa shape index (κ2) is 3.56. The molecule has 0 unspecified atom stereocenters. The van der Waals surface area contributed by atoms with Gasteiger partial charge < -0.3 is 5.73 Å². The second-order valence-electron chi connectivity index (χ2n) is 5.33. The Labute approximate surface area is 102 Å². The monoisotopic (exact) mass is 251 g/mol. The molecule has 2 N–H and O–H groups in total. The molecule has 0 atom stereocenters. The highest BCUT2D eigenvalue weighted by molar-refractivity contribution is 7.91. The molecule has 0 saturated heterocycles. The van der Waals surface area contributed by atoms with Gasteiger partial charge in [-0.2, -0.15) is 0 Å². The summed E-state index contributed by atoms with van der Waals surface area (Å²) < 4.78 is 23.6. The molecular weight excluding hydrogens is 234 g/mol. The van der Waals surface area contributed by atoms with E-state index in [9.17, 15) is 8.42 Å². The summed E-state index contributed by atoms with van der Waals surface area (Å²) in [5.41, 5.74) is 8.34. The summed E-state index contributed by atoms with van der Waals surface area (Å²) >= 11 is 0. The van der Waals surface area contributed by atoms with Crippen LogP contribution >= 0.6 is 0 Å². The van der Waals surface area contributed by atoms with E-state index in [0.29, 0.717) is 11.3 Å². The van der Waals surface area contributed by atoms with Crippen molar-refractivity contribution in [2.24, 2.45) is 5.73 Å². The molecule has 1 aromatic carbocycles. The molecule has 3 rings (SSSR count). The van der Waals surface area contributed by atoms with Gasteiger partial charge in [-0.25, -0.2) is 8.42 Å². The number of sulfone groups is 1. The predicted molar refractivity (Wildman–Crippen MR) is 66.7 cm³/mol. The van der Waals surface area contributed by atoms with Crippen LogP contribution in [0.25, 0.3) is 0 Å². The van der Waals surface area contributed by atoms with Crippen molar-refractivity contribution in [3.8, 4) is 0 Å². The molecule has 0 amide bonds. The predicted octanol–water partition coefficient (Wildman–Crippen LogP) is 1.44. The molecule has 1 aliphatic carbocycles. The molecule has 1 saturated carbocycles. The van der Waals surface area contributed by atoms with E-state index in [1.165, 1.54) is 5.56 Å². The third kappa shape index (κ3) is 2.00. The first kappa shape index (κ1) is 11.2. The van der Waals surface area contributed by atoms with E-state index in [1.54, 1.807) is 6.07 Å². The highest BCUT2D eigenvalue weighted by Crippen LogP contribution is 2.38. The van der Waals surface area contributed by atoms with E-state index in [1.807, 2.05) is 12.1 Å². The number of benzene rings is 1. The SMILES string of the molecule is NC1(CCc2cccc3c2CCS3(=O)=O)CC1. The summed E-state index contributed by atoms with van der Waals surface area (Å²) in [6.45, 7) is 0. The Kier molecular flexibility index (Phi) is 2.35. The van der Waals surface area contributed by atoms with E-state index < -0.39 is 9.84 Å². The third-order valence-electron chi connectivity index (χ3n) is 3.97. The van der Waals surface area contributed by atoms with Crippen molar-refractivity contribution in [2.45, 2.75) is 42.5 Å². The lowest BCUT2D eigenvalue weighted by Crippen LogP contribution is -2.22. The van der Waals surface area contributed by atoms with Crippen molar-refractivity contribution in [2.75, 3.05) is 5.75 Å². The Morgan fingerprint density at radius 2 is 2.06 bits per heavy atom. The van der Waals surface area contributed by atoms with Crippen molar-refractivity contribution in [1.82, 2.24) is 0 Å². The average molecular weight is 251 g/mol. The number of nitrogens with two attached hydrogens (primary N) is 1. The third-order valence-corrected chi connectivity index (χ3v) is 5.76. The summed E-state index contributed by atoms with van der Waals surface area (Å²) in [5, 5.41) is 0. The van der Waals surface area contributed by atoms with Crippen LogP contribution < -0.4 is 5.73 Å². The van der Waals surface area contributed by atoms with Gasteiger partial charge in [-0.05, 0) is 49.3 Å². The first-order chi connectivity index (χ1) is 8.00. The minimum atomic E-state index is -3.00. The molecule has 0 radical (unpaired) electrons. The minimum Gasteiger partial charge on any atom is -0.325 e. The summed E-state index contributed by atoms with van der Waals surface area (Å²) in [6, 6.07) is 5.63. The van der Waals surface area contributed by atoms with Crippen LogP contribution in [-0.4, -0.2) is 19.7 Å². The molecule has 1 fully saturated rings. The van der Waals surface area contributed by atoms with Gasteiger partial charge in [0.15, 0.2) is 9.84 Å². The number of aryl methyl sites for hydroxylation is 1. The molecule has 2 aliphatic rings. The van der Waals surface area contributed by atoms with Gasteiger partial charge in [0.2, 0.25) is 0 Å². The highest BCUT2D eigenvalue weighted by atomic mass is 32.2. The summed E-state index contributed by atoms with van der Waals surface area (Å²) in [6.07, 6.45) is 4.78. The molecule has 1 aromatic rings. The maximum Gasteiger partial charge on any atom is 0.178 e. The normalized spacial score (nSPS) is 23.4.